The van der Waals surface area contributed by atoms with Gasteiger partial charge in [0.2, 0.25) is 0 Å². The highest BCUT2D eigenvalue weighted by atomic mass is 31.2. The zero-order valence-electron chi connectivity index (χ0n) is 16.7. The van der Waals surface area contributed by atoms with Crippen LogP contribution in [0.5, 0.6) is 0 Å². The predicted molar refractivity (Wildman–Crippen MR) is 123 cm³/mol. The number of fused-ring (bicyclic) bond motifs is 3. The van der Waals surface area contributed by atoms with Crippen LogP contribution in [-0.4, -0.2) is 0 Å². The lowest BCUT2D eigenvalue weighted by atomic mass is 10.0. The minimum Gasteiger partial charge on any atom is -0.313 e. The van der Waals surface area contributed by atoms with Crippen molar-refractivity contribution < 1.29 is 4.57 Å². The van der Waals surface area contributed by atoms with Crippen molar-refractivity contribution in [3.05, 3.63) is 119 Å². The van der Waals surface area contributed by atoms with E-state index in [0.717, 1.165) is 10.6 Å². The molecular weight excluding hydrogens is 371 g/mol. The summed E-state index contributed by atoms with van der Waals surface area (Å²) >= 11 is 0. The van der Waals surface area contributed by atoms with Gasteiger partial charge in [-0.15, -0.1) is 0 Å². The smallest absolute Gasteiger partial charge is 0.154 e. The second-order valence-corrected chi connectivity index (χ2v) is 10.8. The van der Waals surface area contributed by atoms with E-state index in [1.165, 1.54) is 33.4 Å². The monoisotopic (exact) mass is 394 g/mol. The van der Waals surface area contributed by atoms with Gasteiger partial charge in [0, 0.05) is 10.6 Å². The Hall–Kier alpha value is -2.89. The Bertz CT molecular complexity index is 1150. The van der Waals surface area contributed by atoms with Crippen LogP contribution in [0.4, 0.5) is 0 Å². The summed E-state index contributed by atoms with van der Waals surface area (Å²) in [7, 11) is -2.97. The second kappa shape index (κ2) is 6.87. The minimum absolute atomic E-state index is 0.168. The van der Waals surface area contributed by atoms with Crippen molar-refractivity contribution in [1.82, 2.24) is 0 Å². The van der Waals surface area contributed by atoms with Crippen molar-refractivity contribution >= 4 is 17.8 Å². The molecule has 0 spiro atoms. The van der Waals surface area contributed by atoms with E-state index in [1.54, 1.807) is 0 Å². The van der Waals surface area contributed by atoms with Crippen molar-refractivity contribution in [3.8, 4) is 11.1 Å². The third kappa shape index (κ3) is 2.81. The summed E-state index contributed by atoms with van der Waals surface area (Å²) in [5, 5.41) is 1.83. The molecule has 1 aliphatic rings. The van der Waals surface area contributed by atoms with E-state index in [1.807, 2.05) is 60.7 Å². The van der Waals surface area contributed by atoms with Gasteiger partial charge < -0.3 is 4.57 Å². The quantitative estimate of drug-likeness (QED) is 0.368. The lowest BCUT2D eigenvalue weighted by Crippen LogP contribution is -2.21. The number of hydrogen-bond acceptors (Lipinski definition) is 1. The predicted octanol–water partition coefficient (Wildman–Crippen LogP) is 6.39. The molecule has 5 rings (SSSR count). The molecule has 142 valence electrons. The average molecular weight is 394 g/mol. The molecule has 4 aromatic carbocycles. The summed E-state index contributed by atoms with van der Waals surface area (Å²) in [6, 6.07) is 33.2. The van der Waals surface area contributed by atoms with Crippen LogP contribution in [0.25, 0.3) is 11.1 Å². The molecule has 0 aromatic heterocycles. The van der Waals surface area contributed by atoms with Gasteiger partial charge in [0.25, 0.3) is 0 Å². The van der Waals surface area contributed by atoms with Crippen molar-refractivity contribution in [2.75, 3.05) is 0 Å². The molecule has 0 atom stereocenters. The summed E-state index contributed by atoms with van der Waals surface area (Å²) in [4.78, 5) is 0. The standard InChI is InChI=1S/C27H23OP/c1-19-13-15-23-25(17-19)26-18-20(2)14-16-24(26)27(23)29(28,21-9-5-3-6-10-21)22-11-7-4-8-12-22/h3-18,27H,1-2H3. The molecule has 0 unspecified atom stereocenters. The Balaban J connectivity index is 1.86. The topological polar surface area (TPSA) is 17.1 Å². The summed E-state index contributed by atoms with van der Waals surface area (Å²) in [5.74, 6) is 0. The number of benzene rings is 4. The second-order valence-electron chi connectivity index (χ2n) is 7.91. The van der Waals surface area contributed by atoms with Gasteiger partial charge in [-0.1, -0.05) is 108 Å². The van der Waals surface area contributed by atoms with Crippen LogP contribution >= 0.6 is 7.14 Å². The maximum absolute atomic E-state index is 15.1. The molecule has 2 heteroatoms. The molecular formula is C27H23OP. The van der Waals surface area contributed by atoms with Gasteiger partial charge in [-0.2, -0.15) is 0 Å². The van der Waals surface area contributed by atoms with Gasteiger partial charge in [-0.25, -0.2) is 0 Å². The number of rotatable bonds is 3. The first-order valence-electron chi connectivity index (χ1n) is 10.0. The zero-order chi connectivity index (χ0) is 20.0. The molecule has 0 fully saturated rings. The Kier molecular flexibility index (Phi) is 4.30. The van der Waals surface area contributed by atoms with E-state index in [0.29, 0.717) is 0 Å². The summed E-state index contributed by atoms with van der Waals surface area (Å²) in [5.41, 5.74) is 7.08. The van der Waals surface area contributed by atoms with Crippen LogP contribution in [0.3, 0.4) is 0 Å². The van der Waals surface area contributed by atoms with Gasteiger partial charge in [0.15, 0.2) is 7.14 Å². The van der Waals surface area contributed by atoms with Crippen molar-refractivity contribution in [2.24, 2.45) is 0 Å². The van der Waals surface area contributed by atoms with Crippen LogP contribution in [0.1, 0.15) is 27.9 Å². The first kappa shape index (κ1) is 18.2. The SMILES string of the molecule is Cc1ccc2c(c1)-c1cc(C)ccc1C2P(=O)(c1ccccc1)c1ccccc1. The Morgan fingerprint density at radius 1 is 0.586 bits per heavy atom. The first-order chi connectivity index (χ1) is 14.1. The molecule has 1 aliphatic carbocycles. The van der Waals surface area contributed by atoms with Crippen LogP contribution < -0.4 is 10.6 Å². The van der Waals surface area contributed by atoms with Gasteiger partial charge in [0.1, 0.15) is 0 Å². The largest absolute Gasteiger partial charge is 0.313 e. The molecule has 0 amide bonds. The minimum atomic E-state index is -2.97. The summed E-state index contributed by atoms with van der Waals surface area (Å²) < 4.78 is 15.1. The molecule has 4 aromatic rings. The van der Waals surface area contributed by atoms with E-state index in [2.05, 4.69) is 50.2 Å². The fraction of sp³-hybridized carbons (Fsp3) is 0.111. The normalized spacial score (nSPS) is 13.2. The Labute approximate surface area is 172 Å². The molecule has 0 heterocycles. The third-order valence-corrected chi connectivity index (χ3v) is 9.35. The van der Waals surface area contributed by atoms with E-state index in [9.17, 15) is 0 Å². The molecule has 0 saturated carbocycles. The lowest BCUT2D eigenvalue weighted by Gasteiger charge is -2.27. The van der Waals surface area contributed by atoms with Crippen LogP contribution in [0.2, 0.25) is 0 Å². The van der Waals surface area contributed by atoms with Gasteiger partial charge in [0.05, 0.1) is 5.66 Å². The van der Waals surface area contributed by atoms with Crippen molar-refractivity contribution in [3.63, 3.8) is 0 Å². The van der Waals surface area contributed by atoms with E-state index in [-0.39, 0.29) is 5.66 Å². The molecule has 0 bridgehead atoms. The van der Waals surface area contributed by atoms with E-state index >= 15 is 4.57 Å². The highest BCUT2D eigenvalue weighted by molar-refractivity contribution is 7.79. The number of hydrogen-bond donors (Lipinski definition) is 0. The van der Waals surface area contributed by atoms with Crippen LogP contribution in [-0.2, 0) is 4.57 Å². The van der Waals surface area contributed by atoms with Crippen LogP contribution in [0.15, 0.2) is 97.1 Å². The maximum Gasteiger partial charge on any atom is 0.154 e. The van der Waals surface area contributed by atoms with Crippen molar-refractivity contribution in [2.45, 2.75) is 19.5 Å². The molecule has 29 heavy (non-hydrogen) atoms. The molecule has 0 radical (unpaired) electrons. The fourth-order valence-electron chi connectivity index (χ4n) is 4.59. The maximum atomic E-state index is 15.1. The molecule has 0 N–H and O–H groups in total. The fourth-order valence-corrected chi connectivity index (χ4v) is 7.95. The first-order valence-corrected chi connectivity index (χ1v) is 11.8. The van der Waals surface area contributed by atoms with Crippen LogP contribution in [0, 0.1) is 13.8 Å². The van der Waals surface area contributed by atoms with Gasteiger partial charge in [-0.05, 0) is 36.1 Å². The van der Waals surface area contributed by atoms with Gasteiger partial charge >= 0.3 is 0 Å². The lowest BCUT2D eigenvalue weighted by molar-refractivity contribution is 0.583. The highest BCUT2D eigenvalue weighted by Gasteiger charge is 2.44. The average Bonchev–Trinajstić information content (AvgIpc) is 3.07. The molecule has 0 saturated heterocycles. The Morgan fingerprint density at radius 3 is 1.41 bits per heavy atom. The van der Waals surface area contributed by atoms with Gasteiger partial charge in [-0.3, -0.25) is 0 Å². The number of aryl methyl sites for hydroxylation is 2. The van der Waals surface area contributed by atoms with Crippen molar-refractivity contribution in [1.29, 1.82) is 0 Å². The van der Waals surface area contributed by atoms with E-state index < -0.39 is 7.14 Å². The molecule has 0 aliphatic heterocycles. The summed E-state index contributed by atoms with van der Waals surface area (Å²) in [6.07, 6.45) is 0. The summed E-state index contributed by atoms with van der Waals surface area (Å²) in [6.45, 7) is 4.24. The Morgan fingerprint density at radius 2 is 1.00 bits per heavy atom. The molecule has 1 nitrogen and oxygen atoms in total. The zero-order valence-corrected chi connectivity index (χ0v) is 17.6. The highest BCUT2D eigenvalue weighted by Crippen LogP contribution is 2.65. The third-order valence-electron chi connectivity index (χ3n) is 5.94. The van der Waals surface area contributed by atoms with E-state index in [4.69, 9.17) is 0 Å².